The predicted molar refractivity (Wildman–Crippen MR) is 141 cm³/mol. The van der Waals surface area contributed by atoms with E-state index in [2.05, 4.69) is 45.0 Å². The summed E-state index contributed by atoms with van der Waals surface area (Å²) in [5.41, 5.74) is 2.84. The van der Waals surface area contributed by atoms with E-state index in [9.17, 15) is 0 Å². The first-order chi connectivity index (χ1) is 12.5. The minimum Gasteiger partial charge on any atom is -0.208 e. The van der Waals surface area contributed by atoms with Crippen LogP contribution in [0.25, 0.3) is 0 Å². The fraction of sp³-hybridized carbons (Fsp3) is 0.700. The summed E-state index contributed by atoms with van der Waals surface area (Å²) >= 11 is 2.85. The Kier molecular flexibility index (Phi) is 22.9. The van der Waals surface area contributed by atoms with Crippen molar-refractivity contribution in [1.82, 2.24) is 0 Å². The number of hydrogen-bond acceptors (Lipinski definition) is 6. The SMILES string of the molecule is CC.CC.CSC.CS[P+](C)(O)O.Cc1ccc(C2CC(C)(C)SS2)cc1. The molecule has 1 aliphatic rings. The molecule has 0 bridgehead atoms. The monoisotopic (exact) mass is 473 g/mol. The summed E-state index contributed by atoms with van der Waals surface area (Å²) in [6, 6.07) is 8.97. The molecule has 162 valence electrons. The van der Waals surface area contributed by atoms with Crippen molar-refractivity contribution in [3.05, 3.63) is 35.4 Å². The van der Waals surface area contributed by atoms with E-state index in [1.54, 1.807) is 18.0 Å². The molecule has 2 nitrogen and oxygen atoms in total. The molecule has 7 heteroatoms. The van der Waals surface area contributed by atoms with Gasteiger partial charge in [0.2, 0.25) is 0 Å². The van der Waals surface area contributed by atoms with Gasteiger partial charge in [-0.3, -0.25) is 0 Å². The molecule has 1 unspecified atom stereocenters. The highest BCUT2D eigenvalue weighted by Crippen LogP contribution is 2.58. The molecule has 1 aromatic carbocycles. The number of benzene rings is 1. The lowest BCUT2D eigenvalue weighted by Crippen LogP contribution is -2.09. The molecule has 0 aromatic heterocycles. The molecular formula is C20H42O2PS4+. The summed E-state index contributed by atoms with van der Waals surface area (Å²) in [5.74, 6) is 0. The van der Waals surface area contributed by atoms with E-state index in [1.165, 1.54) is 24.2 Å². The lowest BCUT2D eigenvalue weighted by molar-refractivity contribution is 0.483. The molecule has 2 rings (SSSR count). The van der Waals surface area contributed by atoms with E-state index in [1.807, 2.05) is 61.8 Å². The highest BCUT2D eigenvalue weighted by Gasteiger charge is 2.33. The first-order valence-corrected chi connectivity index (χ1v) is 17.1. The third-order valence-electron chi connectivity index (χ3n) is 2.86. The van der Waals surface area contributed by atoms with E-state index in [0.717, 1.165) is 11.4 Å². The maximum atomic E-state index is 8.46. The van der Waals surface area contributed by atoms with Crippen molar-refractivity contribution in [3.8, 4) is 0 Å². The Morgan fingerprint density at radius 3 is 1.63 bits per heavy atom. The van der Waals surface area contributed by atoms with Gasteiger partial charge in [-0.25, -0.2) is 9.79 Å². The highest BCUT2D eigenvalue weighted by molar-refractivity contribution is 8.77. The number of rotatable bonds is 2. The summed E-state index contributed by atoms with van der Waals surface area (Å²) in [6.45, 7) is 13.8. The van der Waals surface area contributed by atoms with Gasteiger partial charge in [-0.15, -0.1) is 0 Å². The molecule has 0 amide bonds. The zero-order chi connectivity index (χ0) is 22.1. The zero-order valence-electron chi connectivity index (χ0n) is 19.1. The van der Waals surface area contributed by atoms with Crippen molar-refractivity contribution >= 4 is 51.6 Å². The van der Waals surface area contributed by atoms with Crippen molar-refractivity contribution < 1.29 is 9.79 Å². The maximum absolute atomic E-state index is 8.46. The van der Waals surface area contributed by atoms with Crippen LogP contribution in [0.15, 0.2) is 24.3 Å². The second kappa shape index (κ2) is 19.0. The van der Waals surface area contributed by atoms with Crippen LogP contribution in [0.4, 0.5) is 0 Å². The van der Waals surface area contributed by atoms with E-state index >= 15 is 0 Å². The van der Waals surface area contributed by atoms with E-state index in [0.29, 0.717) is 10.00 Å². The number of hydrogen-bond donors (Lipinski definition) is 2. The van der Waals surface area contributed by atoms with Crippen LogP contribution in [-0.2, 0) is 0 Å². The predicted octanol–water partition coefficient (Wildman–Crippen LogP) is 8.36. The van der Waals surface area contributed by atoms with Gasteiger partial charge in [0.15, 0.2) is 0 Å². The Morgan fingerprint density at radius 1 is 1.00 bits per heavy atom. The summed E-state index contributed by atoms with van der Waals surface area (Å²) in [6.07, 6.45) is 7.04. The molecule has 27 heavy (non-hydrogen) atoms. The molecule has 1 fully saturated rings. The van der Waals surface area contributed by atoms with Crippen molar-refractivity contribution in [3.63, 3.8) is 0 Å². The standard InChI is InChI=1S/C12H16S2.C2H8O2PS.C2H6S.2C2H6/c1-9-4-6-10(7-5-9)11-8-12(2,3)14-13-11;1-5(3,4)6-2;1-3-2;2*1-2/h4-7,11H,8H2,1-3H3;3-4H,1-2H3;1-2H3;2*1-2H3/q;+1;;;. The van der Waals surface area contributed by atoms with Gasteiger partial charge in [-0.1, -0.05) is 79.1 Å². The van der Waals surface area contributed by atoms with Crippen molar-refractivity contribution in [2.75, 3.05) is 25.4 Å². The summed E-state index contributed by atoms with van der Waals surface area (Å²) in [4.78, 5) is 16.9. The molecule has 1 atom stereocenters. The van der Waals surface area contributed by atoms with Crippen LogP contribution in [-0.4, -0.2) is 40.0 Å². The first-order valence-electron chi connectivity index (χ1n) is 9.23. The summed E-state index contributed by atoms with van der Waals surface area (Å²) < 4.78 is 0.445. The van der Waals surface area contributed by atoms with Crippen LogP contribution in [0.3, 0.4) is 0 Å². The fourth-order valence-electron chi connectivity index (χ4n) is 1.66. The number of thioether (sulfide) groups is 1. The summed E-state index contributed by atoms with van der Waals surface area (Å²) in [7, 11) is 4.05. The molecule has 0 radical (unpaired) electrons. The highest BCUT2D eigenvalue weighted by atomic mass is 33.1. The van der Waals surface area contributed by atoms with Crippen LogP contribution < -0.4 is 0 Å². The van der Waals surface area contributed by atoms with E-state index in [4.69, 9.17) is 9.79 Å². The van der Waals surface area contributed by atoms with Gasteiger partial charge in [0.1, 0.15) is 6.66 Å². The summed E-state index contributed by atoms with van der Waals surface area (Å²) in [5, 5.41) is 0.690. The van der Waals surface area contributed by atoms with Gasteiger partial charge in [-0.2, -0.15) is 11.8 Å². The Hall–Kier alpha value is 0.970. The van der Waals surface area contributed by atoms with Crippen LogP contribution in [0.5, 0.6) is 0 Å². The van der Waals surface area contributed by atoms with E-state index in [-0.39, 0.29) is 0 Å². The fourth-order valence-corrected chi connectivity index (χ4v) is 5.00. The van der Waals surface area contributed by atoms with Gasteiger partial charge in [-0.05, 0) is 45.3 Å². The lowest BCUT2D eigenvalue weighted by atomic mass is 10.0. The van der Waals surface area contributed by atoms with Crippen molar-refractivity contribution in [1.29, 1.82) is 0 Å². The quantitative estimate of drug-likeness (QED) is 0.332. The van der Waals surface area contributed by atoms with Crippen molar-refractivity contribution in [2.45, 2.75) is 64.9 Å². The average Bonchev–Trinajstić information content (AvgIpc) is 3.00. The molecule has 0 aliphatic carbocycles. The minimum atomic E-state index is -2.48. The molecule has 1 saturated heterocycles. The smallest absolute Gasteiger partial charge is 0.208 e. The molecule has 0 spiro atoms. The van der Waals surface area contributed by atoms with Crippen LogP contribution in [0.2, 0.25) is 0 Å². The van der Waals surface area contributed by atoms with Gasteiger partial charge >= 0.3 is 6.92 Å². The normalized spacial score (nSPS) is 16.9. The van der Waals surface area contributed by atoms with Gasteiger partial charge in [0.25, 0.3) is 0 Å². The Balaban J connectivity index is -0.000000373. The average molecular weight is 474 g/mol. The molecular weight excluding hydrogens is 431 g/mol. The zero-order valence-corrected chi connectivity index (χ0v) is 23.2. The topological polar surface area (TPSA) is 40.5 Å². The molecule has 1 aromatic rings. The van der Waals surface area contributed by atoms with Gasteiger partial charge in [0, 0.05) is 16.3 Å². The first kappa shape index (κ1) is 32.6. The van der Waals surface area contributed by atoms with Crippen LogP contribution in [0.1, 0.15) is 64.3 Å². The Bertz CT molecular complexity index is 435. The van der Waals surface area contributed by atoms with E-state index < -0.39 is 6.92 Å². The van der Waals surface area contributed by atoms with Crippen LogP contribution in [0, 0.1) is 6.92 Å². The number of aryl methyl sites for hydroxylation is 1. The largest absolute Gasteiger partial charge is 0.323 e. The lowest BCUT2D eigenvalue weighted by Gasteiger charge is -2.14. The molecule has 2 N–H and O–H groups in total. The molecule has 1 aliphatic heterocycles. The molecule has 0 saturated carbocycles. The van der Waals surface area contributed by atoms with Crippen molar-refractivity contribution in [2.24, 2.45) is 0 Å². The minimum absolute atomic E-state index is 0.445. The maximum Gasteiger partial charge on any atom is 0.323 e. The van der Waals surface area contributed by atoms with Crippen LogP contribution >= 0.6 is 51.6 Å². The van der Waals surface area contributed by atoms with Gasteiger partial charge < -0.3 is 0 Å². The second-order valence-corrected chi connectivity index (χ2v) is 15.1. The second-order valence-electron chi connectivity index (χ2n) is 5.97. The van der Waals surface area contributed by atoms with Gasteiger partial charge in [0.05, 0.1) is 11.4 Å². The third-order valence-corrected chi connectivity index (χ3v) is 9.35. The third kappa shape index (κ3) is 20.0. The Morgan fingerprint density at radius 2 is 1.37 bits per heavy atom. The molecule has 1 heterocycles. The Labute approximate surface area is 186 Å².